The first kappa shape index (κ1) is 22.9. The Morgan fingerprint density at radius 2 is 1.71 bits per heavy atom. The van der Waals surface area contributed by atoms with Crippen molar-refractivity contribution in [2.24, 2.45) is 4.99 Å². The van der Waals surface area contributed by atoms with Gasteiger partial charge >= 0.3 is 12.2 Å². The Labute approximate surface area is 178 Å². The van der Waals surface area contributed by atoms with Gasteiger partial charge in [-0.3, -0.25) is 10.6 Å². The van der Waals surface area contributed by atoms with E-state index in [1.54, 1.807) is 51.3 Å². The number of nitrogens with zero attached hydrogens (tertiary/aromatic N) is 2. The number of benzene rings is 2. The minimum Gasteiger partial charge on any atom is -0.445 e. The molecule has 1 unspecified atom stereocenters. The van der Waals surface area contributed by atoms with Crippen LogP contribution in [0.15, 0.2) is 41.4 Å². The molecule has 0 bridgehead atoms. The lowest BCUT2D eigenvalue weighted by molar-refractivity contribution is 0.0651. The molecule has 2 aromatic rings. The molecule has 1 atom stereocenters. The fourth-order valence-electron chi connectivity index (χ4n) is 2.41. The second kappa shape index (κ2) is 11.0. The third-order valence-electron chi connectivity index (χ3n) is 4.00. The molecule has 0 aliphatic rings. The summed E-state index contributed by atoms with van der Waals surface area (Å²) in [6, 6.07) is 9.54. The van der Waals surface area contributed by atoms with E-state index in [1.807, 2.05) is 0 Å². The summed E-state index contributed by atoms with van der Waals surface area (Å²) < 4.78 is 15.0. The number of amides is 2. The van der Waals surface area contributed by atoms with Crippen molar-refractivity contribution in [1.29, 1.82) is 5.26 Å². The highest BCUT2D eigenvalue weighted by molar-refractivity contribution is 5.87. The van der Waals surface area contributed by atoms with Crippen LogP contribution in [0.3, 0.4) is 0 Å². The molecule has 0 aromatic heterocycles. The third-order valence-corrected chi connectivity index (χ3v) is 4.00. The molecule has 0 saturated carbocycles. The number of rotatable bonds is 7. The summed E-state index contributed by atoms with van der Waals surface area (Å²) >= 11 is 0. The van der Waals surface area contributed by atoms with Crippen molar-refractivity contribution in [3.05, 3.63) is 47.5 Å². The van der Waals surface area contributed by atoms with Crippen LogP contribution in [0.25, 0.3) is 0 Å². The van der Waals surface area contributed by atoms with E-state index in [9.17, 15) is 14.4 Å². The highest BCUT2D eigenvalue weighted by Crippen LogP contribution is 2.23. The van der Waals surface area contributed by atoms with Gasteiger partial charge in [0, 0.05) is 11.8 Å². The van der Waals surface area contributed by atoms with Gasteiger partial charge in [0.15, 0.2) is 0 Å². The van der Waals surface area contributed by atoms with Crippen molar-refractivity contribution in [2.75, 3.05) is 17.2 Å². The number of aryl methyl sites for hydroxylation is 2. The summed E-state index contributed by atoms with van der Waals surface area (Å²) in [5, 5.41) is 13.7. The van der Waals surface area contributed by atoms with Crippen LogP contribution in [-0.4, -0.2) is 31.0 Å². The van der Waals surface area contributed by atoms with E-state index in [0.29, 0.717) is 17.1 Å². The Hall–Kier alpha value is -4.35. The smallest absolute Gasteiger partial charge is 0.412 e. The quantitative estimate of drug-likeness (QED) is 0.383. The maximum absolute atomic E-state index is 12.1. The minimum absolute atomic E-state index is 0.193. The van der Waals surface area contributed by atoms with Gasteiger partial charge in [-0.05, 0) is 50.1 Å². The van der Waals surface area contributed by atoms with Crippen molar-refractivity contribution in [3.8, 4) is 12.0 Å². The Balaban J connectivity index is 1.86. The van der Waals surface area contributed by atoms with Crippen molar-refractivity contribution in [3.63, 3.8) is 0 Å². The van der Waals surface area contributed by atoms with Gasteiger partial charge in [0.2, 0.25) is 6.08 Å². The van der Waals surface area contributed by atoms with Gasteiger partial charge in [-0.15, -0.1) is 5.26 Å². The molecule has 0 saturated heterocycles. The fourth-order valence-corrected chi connectivity index (χ4v) is 2.41. The average molecular weight is 424 g/mol. The molecule has 10 heteroatoms. The lowest BCUT2D eigenvalue weighted by atomic mass is 10.2. The highest BCUT2D eigenvalue weighted by Gasteiger charge is 2.14. The first-order valence-corrected chi connectivity index (χ1v) is 9.09. The van der Waals surface area contributed by atoms with Crippen molar-refractivity contribution in [1.82, 2.24) is 0 Å². The summed E-state index contributed by atoms with van der Waals surface area (Å²) in [6.07, 6.45) is 0.721. The standard InChI is InChI=1S/C21H20N4O6/c1-13-4-6-16(23-12-26)8-18(13)25-21(28)31-15(3)10-29-20(27)24-19-9-17(30-11-22)7-5-14(19)2/h4-9,15H,10H2,1-3H3,(H,24,27)(H,25,28). The molecule has 0 radical (unpaired) electrons. The van der Waals surface area contributed by atoms with Crippen LogP contribution < -0.4 is 15.4 Å². The summed E-state index contributed by atoms with van der Waals surface area (Å²) in [7, 11) is 0. The summed E-state index contributed by atoms with van der Waals surface area (Å²) in [5.41, 5.74) is 2.65. The molecule has 0 fully saturated rings. The molecule has 2 aromatic carbocycles. The molecule has 0 aliphatic heterocycles. The monoisotopic (exact) mass is 424 g/mol. The first-order chi connectivity index (χ1) is 14.8. The van der Waals surface area contributed by atoms with Crippen LogP contribution in [0.2, 0.25) is 0 Å². The summed E-state index contributed by atoms with van der Waals surface area (Å²) in [5.74, 6) is 0.273. The molecule has 2 rings (SSSR count). The Morgan fingerprint density at radius 1 is 1.06 bits per heavy atom. The number of carbonyl (C=O) groups excluding carboxylic acids is 3. The number of aliphatic imine (C=N–C) groups is 1. The molecule has 0 aliphatic carbocycles. The zero-order valence-corrected chi connectivity index (χ0v) is 17.1. The van der Waals surface area contributed by atoms with Crippen LogP contribution in [0, 0.1) is 25.4 Å². The second-order valence-corrected chi connectivity index (χ2v) is 6.44. The van der Waals surface area contributed by atoms with Crippen molar-refractivity contribution < 1.29 is 28.6 Å². The van der Waals surface area contributed by atoms with Gasteiger partial charge < -0.3 is 14.2 Å². The fraction of sp³-hybridized carbons (Fsp3) is 0.238. The Bertz CT molecular complexity index is 1060. The van der Waals surface area contributed by atoms with Gasteiger partial charge in [0.1, 0.15) is 18.5 Å². The maximum atomic E-state index is 12.1. The van der Waals surface area contributed by atoms with E-state index in [1.165, 1.54) is 18.2 Å². The second-order valence-electron chi connectivity index (χ2n) is 6.44. The number of nitriles is 1. The molecular weight excluding hydrogens is 404 g/mol. The first-order valence-electron chi connectivity index (χ1n) is 9.09. The van der Waals surface area contributed by atoms with Crippen LogP contribution >= 0.6 is 0 Å². The number of ether oxygens (including phenoxy) is 3. The molecule has 0 spiro atoms. The van der Waals surface area contributed by atoms with Gasteiger partial charge in [-0.1, -0.05) is 12.1 Å². The van der Waals surface area contributed by atoms with E-state index in [2.05, 4.69) is 15.6 Å². The van der Waals surface area contributed by atoms with Crippen molar-refractivity contribution >= 4 is 35.3 Å². The van der Waals surface area contributed by atoms with Gasteiger partial charge in [0.05, 0.1) is 11.4 Å². The molecule has 31 heavy (non-hydrogen) atoms. The zero-order chi connectivity index (χ0) is 22.8. The summed E-state index contributed by atoms with van der Waals surface area (Å²) in [6.45, 7) is 4.89. The molecule has 2 amide bonds. The number of hydrogen-bond acceptors (Lipinski definition) is 8. The van der Waals surface area contributed by atoms with Crippen LogP contribution in [0.1, 0.15) is 18.1 Å². The highest BCUT2D eigenvalue weighted by atomic mass is 16.6. The number of hydrogen-bond donors (Lipinski definition) is 2. The maximum Gasteiger partial charge on any atom is 0.412 e. The largest absolute Gasteiger partial charge is 0.445 e. The Morgan fingerprint density at radius 3 is 2.39 bits per heavy atom. The lowest BCUT2D eigenvalue weighted by Gasteiger charge is -2.16. The average Bonchev–Trinajstić information content (AvgIpc) is 2.72. The Kier molecular flexibility index (Phi) is 8.13. The molecule has 2 N–H and O–H groups in total. The number of isocyanates is 1. The number of carbonyl (C=O) groups is 2. The summed E-state index contributed by atoms with van der Waals surface area (Å²) in [4.78, 5) is 38.0. The van der Waals surface area contributed by atoms with Gasteiger partial charge in [0.25, 0.3) is 6.26 Å². The van der Waals surface area contributed by atoms with E-state index in [4.69, 9.17) is 19.5 Å². The van der Waals surface area contributed by atoms with E-state index >= 15 is 0 Å². The predicted molar refractivity (Wildman–Crippen MR) is 111 cm³/mol. The van der Waals surface area contributed by atoms with Crippen molar-refractivity contribution in [2.45, 2.75) is 26.9 Å². The van der Waals surface area contributed by atoms with E-state index < -0.39 is 18.3 Å². The predicted octanol–water partition coefficient (Wildman–Crippen LogP) is 4.32. The van der Waals surface area contributed by atoms with E-state index in [-0.39, 0.29) is 12.4 Å². The van der Waals surface area contributed by atoms with Crippen LogP contribution in [0.4, 0.5) is 26.7 Å². The van der Waals surface area contributed by atoms with Gasteiger partial charge in [-0.2, -0.15) is 4.99 Å². The number of nitrogens with one attached hydrogen (secondary N) is 2. The molecule has 10 nitrogen and oxygen atoms in total. The van der Waals surface area contributed by atoms with Crippen LogP contribution in [-0.2, 0) is 14.3 Å². The van der Waals surface area contributed by atoms with E-state index in [0.717, 1.165) is 11.1 Å². The zero-order valence-electron chi connectivity index (χ0n) is 17.1. The molecule has 0 heterocycles. The SMILES string of the molecule is Cc1ccc(OC#N)cc1NC(=O)OCC(C)OC(=O)Nc1cc(N=C=O)ccc1C. The van der Waals surface area contributed by atoms with Crippen LogP contribution in [0.5, 0.6) is 5.75 Å². The molecule has 160 valence electrons. The number of anilines is 2. The normalized spacial score (nSPS) is 10.6. The van der Waals surface area contributed by atoms with Gasteiger partial charge in [-0.25, -0.2) is 14.4 Å². The lowest BCUT2D eigenvalue weighted by Crippen LogP contribution is -2.27. The topological polar surface area (TPSA) is 139 Å². The minimum atomic E-state index is -0.761. The molecular formula is C21H20N4O6. The third kappa shape index (κ3) is 7.20.